The van der Waals surface area contributed by atoms with Crippen molar-refractivity contribution in [1.82, 2.24) is 4.98 Å². The van der Waals surface area contributed by atoms with E-state index in [9.17, 15) is 5.26 Å². The summed E-state index contributed by atoms with van der Waals surface area (Å²) in [5.74, 6) is 1.22. The molecule has 28 heavy (non-hydrogen) atoms. The third kappa shape index (κ3) is 2.41. The highest BCUT2D eigenvalue weighted by Crippen LogP contribution is 2.51. The van der Waals surface area contributed by atoms with E-state index >= 15 is 0 Å². The molecular formula is C21H13ClN4O2. The Balaban J connectivity index is 1.73. The molecule has 0 bridgehead atoms. The second kappa shape index (κ2) is 5.98. The molecular weight excluding hydrogens is 376 g/mol. The lowest BCUT2D eigenvalue weighted by Gasteiger charge is -2.33. The van der Waals surface area contributed by atoms with Gasteiger partial charge in [-0.2, -0.15) is 5.26 Å². The minimum atomic E-state index is -0.859. The van der Waals surface area contributed by atoms with Crippen molar-refractivity contribution in [3.63, 3.8) is 0 Å². The highest BCUT2D eigenvalue weighted by atomic mass is 35.5. The van der Waals surface area contributed by atoms with Crippen molar-refractivity contribution in [2.24, 2.45) is 10.7 Å². The summed E-state index contributed by atoms with van der Waals surface area (Å²) in [6.07, 6.45) is 1.58. The predicted molar refractivity (Wildman–Crippen MR) is 104 cm³/mol. The Bertz CT molecular complexity index is 1200. The number of benzene rings is 2. The number of halogens is 1. The second-order valence-corrected chi connectivity index (χ2v) is 7.00. The van der Waals surface area contributed by atoms with Gasteiger partial charge in [0.1, 0.15) is 17.5 Å². The molecule has 1 atom stereocenters. The molecule has 7 heteroatoms. The van der Waals surface area contributed by atoms with Crippen molar-refractivity contribution in [2.45, 2.75) is 5.54 Å². The maximum atomic E-state index is 9.20. The normalized spacial score (nSPS) is 19.1. The van der Waals surface area contributed by atoms with Crippen molar-refractivity contribution in [2.75, 3.05) is 6.61 Å². The van der Waals surface area contributed by atoms with E-state index < -0.39 is 5.54 Å². The third-order valence-corrected chi connectivity index (χ3v) is 5.19. The van der Waals surface area contributed by atoms with Crippen LogP contribution in [0.15, 0.2) is 59.7 Å². The van der Waals surface area contributed by atoms with Crippen molar-refractivity contribution < 1.29 is 9.47 Å². The molecule has 0 unspecified atom stereocenters. The second-order valence-electron chi connectivity index (χ2n) is 6.61. The number of hydrogen-bond acceptors (Lipinski definition) is 6. The summed E-state index contributed by atoms with van der Waals surface area (Å²) in [6, 6.07) is 17.3. The molecule has 2 aromatic carbocycles. The molecule has 3 aromatic rings. The van der Waals surface area contributed by atoms with Gasteiger partial charge in [0.15, 0.2) is 11.3 Å². The molecule has 2 N–H and O–H groups in total. The first kappa shape index (κ1) is 16.6. The van der Waals surface area contributed by atoms with Crippen LogP contribution in [0.4, 0.5) is 0 Å². The topological polar surface area (TPSA) is 93.5 Å². The van der Waals surface area contributed by atoms with E-state index in [4.69, 9.17) is 26.8 Å². The van der Waals surface area contributed by atoms with Gasteiger partial charge in [0.05, 0.1) is 17.8 Å². The van der Waals surface area contributed by atoms with Crippen LogP contribution in [0.25, 0.3) is 11.1 Å². The number of hydrogen-bond donors (Lipinski definition) is 1. The quantitative estimate of drug-likeness (QED) is 0.636. The fourth-order valence-electron chi connectivity index (χ4n) is 3.68. The number of ether oxygens (including phenoxy) is 2. The fraction of sp³-hybridized carbons (Fsp3) is 0.0952. The number of pyridine rings is 1. The minimum absolute atomic E-state index is 0.114. The lowest BCUT2D eigenvalue weighted by atomic mass is 9.81. The molecule has 0 fully saturated rings. The first-order chi connectivity index (χ1) is 13.6. The van der Waals surface area contributed by atoms with Gasteiger partial charge in [0, 0.05) is 11.1 Å². The largest absolute Gasteiger partial charge is 0.462 e. The van der Waals surface area contributed by atoms with Crippen LogP contribution in [-0.2, 0) is 10.3 Å². The number of aromatic nitrogens is 1. The molecule has 0 radical (unpaired) electrons. The first-order valence-corrected chi connectivity index (χ1v) is 8.94. The van der Waals surface area contributed by atoms with Crippen LogP contribution in [0.3, 0.4) is 0 Å². The van der Waals surface area contributed by atoms with E-state index in [1.54, 1.807) is 18.3 Å². The van der Waals surface area contributed by atoms with Gasteiger partial charge < -0.3 is 15.2 Å². The van der Waals surface area contributed by atoms with Gasteiger partial charge in [-0.15, -0.1) is 0 Å². The number of nitrogens with zero attached hydrogens (tertiary/aromatic N) is 3. The summed E-state index contributed by atoms with van der Waals surface area (Å²) in [7, 11) is 0. The van der Waals surface area contributed by atoms with Gasteiger partial charge >= 0.3 is 0 Å². The number of nitrogens with two attached hydrogens (primary N) is 1. The first-order valence-electron chi connectivity index (χ1n) is 8.56. The summed E-state index contributed by atoms with van der Waals surface area (Å²) >= 11 is 6.14. The highest BCUT2D eigenvalue weighted by molar-refractivity contribution is 6.29. The van der Waals surface area contributed by atoms with Crippen LogP contribution in [0.2, 0.25) is 5.15 Å². The van der Waals surface area contributed by atoms with E-state index in [0.717, 1.165) is 22.3 Å². The van der Waals surface area contributed by atoms with Crippen molar-refractivity contribution >= 4 is 17.6 Å². The van der Waals surface area contributed by atoms with Crippen molar-refractivity contribution in [3.05, 3.63) is 76.6 Å². The molecule has 2 aliphatic heterocycles. The Morgan fingerprint density at radius 3 is 2.68 bits per heavy atom. The van der Waals surface area contributed by atoms with Gasteiger partial charge in [-0.25, -0.2) is 9.98 Å². The van der Waals surface area contributed by atoms with Gasteiger partial charge in [-0.05, 0) is 41.5 Å². The summed E-state index contributed by atoms with van der Waals surface area (Å²) in [5.41, 5.74) is 9.05. The van der Waals surface area contributed by atoms with Crippen molar-refractivity contribution in [1.29, 1.82) is 5.26 Å². The molecule has 136 valence electrons. The summed E-state index contributed by atoms with van der Waals surface area (Å²) < 4.78 is 11.6. The molecule has 5 rings (SSSR count). The van der Waals surface area contributed by atoms with Gasteiger partial charge in [-0.1, -0.05) is 29.8 Å². The van der Waals surface area contributed by atoms with Gasteiger partial charge in [-0.3, -0.25) is 0 Å². The molecule has 0 saturated carbocycles. The maximum absolute atomic E-state index is 9.20. The number of nitriles is 1. The van der Waals surface area contributed by atoms with E-state index in [-0.39, 0.29) is 12.6 Å². The zero-order chi connectivity index (χ0) is 19.3. The lowest BCUT2D eigenvalue weighted by Crippen LogP contribution is -2.31. The Labute approximate surface area is 165 Å². The van der Waals surface area contributed by atoms with Crippen LogP contribution in [0.5, 0.6) is 11.5 Å². The van der Waals surface area contributed by atoms with Crippen LogP contribution < -0.4 is 10.5 Å². The fourth-order valence-corrected chi connectivity index (χ4v) is 3.84. The lowest BCUT2D eigenvalue weighted by molar-refractivity contribution is 0.264. The van der Waals surface area contributed by atoms with Crippen LogP contribution in [-0.4, -0.2) is 17.6 Å². The average Bonchev–Trinajstić information content (AvgIpc) is 3.11. The molecule has 1 aromatic heterocycles. The van der Waals surface area contributed by atoms with Crippen LogP contribution in [0.1, 0.15) is 16.7 Å². The zero-order valence-electron chi connectivity index (χ0n) is 14.5. The van der Waals surface area contributed by atoms with E-state index in [2.05, 4.69) is 16.0 Å². The van der Waals surface area contributed by atoms with E-state index in [1.807, 2.05) is 36.4 Å². The third-order valence-electron chi connectivity index (χ3n) is 4.98. The SMILES string of the molecule is N#Cc1cccc(-c2ccc3c(c2)[C@@]2(COC(N)=N2)c2cc(Cl)ncc2O3)c1. The molecule has 1 spiro atoms. The smallest absolute Gasteiger partial charge is 0.283 e. The molecule has 0 saturated heterocycles. The van der Waals surface area contributed by atoms with E-state index in [0.29, 0.717) is 22.2 Å². The van der Waals surface area contributed by atoms with Crippen molar-refractivity contribution in [3.8, 4) is 28.7 Å². The molecule has 3 heterocycles. The summed E-state index contributed by atoms with van der Waals surface area (Å²) in [6.45, 7) is 0.240. The average molecular weight is 389 g/mol. The number of rotatable bonds is 1. The zero-order valence-corrected chi connectivity index (χ0v) is 15.3. The standard InChI is InChI=1S/C21H13ClN4O2/c22-19-8-16-18(10-25-19)28-17-5-4-14(13-3-1-2-12(6-13)9-23)7-15(17)21(16)11-27-20(24)26-21/h1-8,10H,11H2,(H2,24,26)/t21-/m0/s1. The summed E-state index contributed by atoms with van der Waals surface area (Å²) in [4.78, 5) is 8.74. The molecule has 2 aliphatic rings. The Hall–Kier alpha value is -3.56. The van der Waals surface area contributed by atoms with Gasteiger partial charge in [0.25, 0.3) is 6.02 Å². The molecule has 0 amide bonds. The van der Waals surface area contributed by atoms with E-state index in [1.165, 1.54) is 0 Å². The summed E-state index contributed by atoms with van der Waals surface area (Å²) in [5, 5.41) is 9.53. The number of fused-ring (bicyclic) bond motifs is 4. The Morgan fingerprint density at radius 1 is 1.07 bits per heavy atom. The maximum Gasteiger partial charge on any atom is 0.283 e. The Morgan fingerprint density at radius 2 is 1.89 bits per heavy atom. The van der Waals surface area contributed by atoms with Crippen LogP contribution in [0, 0.1) is 11.3 Å². The monoisotopic (exact) mass is 388 g/mol. The number of aliphatic imine (C=N–C) groups is 1. The van der Waals surface area contributed by atoms with Gasteiger partial charge in [0.2, 0.25) is 0 Å². The Kier molecular flexibility index (Phi) is 3.54. The number of amidine groups is 1. The highest BCUT2D eigenvalue weighted by Gasteiger charge is 2.47. The predicted octanol–water partition coefficient (Wildman–Crippen LogP) is 3.97. The molecule has 6 nitrogen and oxygen atoms in total. The van der Waals surface area contributed by atoms with Crippen LogP contribution >= 0.6 is 11.6 Å². The molecule has 0 aliphatic carbocycles. The minimum Gasteiger partial charge on any atom is -0.462 e.